The fourth-order valence-corrected chi connectivity index (χ4v) is 3.06. The number of carbonyl (C=O) groups excluding carboxylic acids is 3. The average Bonchev–Trinajstić information content (AvgIpc) is 2.85. The van der Waals surface area contributed by atoms with Crippen LogP contribution in [0, 0.1) is 0 Å². The SMILES string of the molecule is CCCCN1C(=O)S/C(=C\c2ccc(OCC(=O)[O-])c(OC)c2)C1=O. The van der Waals surface area contributed by atoms with Crippen LogP contribution in [0.4, 0.5) is 4.79 Å². The van der Waals surface area contributed by atoms with Crippen LogP contribution in [0.1, 0.15) is 25.3 Å². The number of amides is 2. The van der Waals surface area contributed by atoms with E-state index in [1.54, 1.807) is 18.2 Å². The minimum atomic E-state index is -1.34. The number of hydrogen-bond donors (Lipinski definition) is 0. The van der Waals surface area contributed by atoms with Gasteiger partial charge in [-0.05, 0) is 42.0 Å². The molecule has 1 aliphatic rings. The van der Waals surface area contributed by atoms with Crippen LogP contribution < -0.4 is 14.6 Å². The number of nitrogens with zero attached hydrogens (tertiary/aromatic N) is 1. The third-order valence-corrected chi connectivity index (χ3v) is 4.35. The van der Waals surface area contributed by atoms with Crippen molar-refractivity contribution in [3.8, 4) is 11.5 Å². The van der Waals surface area contributed by atoms with Gasteiger partial charge in [-0.1, -0.05) is 19.4 Å². The Morgan fingerprint density at radius 1 is 1.32 bits per heavy atom. The van der Waals surface area contributed by atoms with Crippen molar-refractivity contribution in [1.82, 2.24) is 4.90 Å². The largest absolute Gasteiger partial charge is 0.546 e. The molecule has 0 spiro atoms. The predicted octanol–water partition coefficient (Wildman–Crippen LogP) is 1.66. The van der Waals surface area contributed by atoms with Gasteiger partial charge in [-0.15, -0.1) is 0 Å². The van der Waals surface area contributed by atoms with Crippen molar-refractivity contribution in [3.05, 3.63) is 28.7 Å². The molecule has 0 aliphatic carbocycles. The lowest BCUT2D eigenvalue weighted by Gasteiger charge is -2.12. The lowest BCUT2D eigenvalue weighted by Crippen LogP contribution is -2.29. The zero-order chi connectivity index (χ0) is 18.4. The van der Waals surface area contributed by atoms with Gasteiger partial charge in [0.05, 0.1) is 18.0 Å². The molecule has 1 saturated heterocycles. The average molecular weight is 364 g/mol. The number of aliphatic carboxylic acids is 1. The number of benzene rings is 1. The maximum absolute atomic E-state index is 12.3. The first-order chi connectivity index (χ1) is 12.0. The number of rotatable bonds is 8. The number of carboxylic acid groups (broad SMARTS) is 1. The molecule has 1 heterocycles. The summed E-state index contributed by atoms with van der Waals surface area (Å²) < 4.78 is 10.2. The highest BCUT2D eigenvalue weighted by atomic mass is 32.2. The first kappa shape index (κ1) is 18.9. The van der Waals surface area contributed by atoms with Crippen molar-refractivity contribution >= 4 is 35.0 Å². The summed E-state index contributed by atoms with van der Waals surface area (Å²) in [4.78, 5) is 36.3. The third kappa shape index (κ3) is 4.76. The molecule has 0 N–H and O–H groups in total. The molecule has 1 aromatic rings. The molecule has 1 aromatic carbocycles. The van der Waals surface area contributed by atoms with E-state index in [1.165, 1.54) is 18.1 Å². The number of thioether (sulfide) groups is 1. The molecular formula is C17H18NO6S-. The first-order valence-corrected chi connectivity index (χ1v) is 8.54. The zero-order valence-electron chi connectivity index (χ0n) is 13.9. The van der Waals surface area contributed by atoms with Gasteiger partial charge in [-0.3, -0.25) is 14.5 Å². The van der Waals surface area contributed by atoms with E-state index in [9.17, 15) is 19.5 Å². The second-order valence-corrected chi connectivity index (χ2v) is 6.25. The Morgan fingerprint density at radius 3 is 2.72 bits per heavy atom. The molecule has 25 heavy (non-hydrogen) atoms. The van der Waals surface area contributed by atoms with Crippen LogP contribution in [-0.4, -0.2) is 42.3 Å². The Kier molecular flexibility index (Phi) is 6.46. The van der Waals surface area contributed by atoms with Gasteiger partial charge in [0.2, 0.25) is 0 Å². The van der Waals surface area contributed by atoms with Gasteiger partial charge < -0.3 is 19.4 Å². The lowest BCUT2D eigenvalue weighted by atomic mass is 10.2. The van der Waals surface area contributed by atoms with E-state index in [4.69, 9.17) is 9.47 Å². The minimum absolute atomic E-state index is 0.250. The Bertz CT molecular complexity index is 715. The summed E-state index contributed by atoms with van der Waals surface area (Å²) in [5.41, 5.74) is 0.638. The van der Waals surface area contributed by atoms with E-state index in [1.807, 2.05) is 6.92 Å². The highest BCUT2D eigenvalue weighted by Gasteiger charge is 2.34. The molecule has 0 saturated carbocycles. The molecule has 0 aromatic heterocycles. The van der Waals surface area contributed by atoms with Crippen LogP contribution in [0.15, 0.2) is 23.1 Å². The van der Waals surface area contributed by atoms with Gasteiger partial charge in [0.15, 0.2) is 11.5 Å². The van der Waals surface area contributed by atoms with Gasteiger partial charge >= 0.3 is 0 Å². The monoisotopic (exact) mass is 364 g/mol. The number of imide groups is 1. The Labute approximate surface area is 149 Å². The highest BCUT2D eigenvalue weighted by molar-refractivity contribution is 8.18. The Balaban J connectivity index is 2.19. The summed E-state index contributed by atoms with van der Waals surface area (Å²) in [5.74, 6) is -1.08. The number of methoxy groups -OCH3 is 1. The molecule has 2 amide bonds. The van der Waals surface area contributed by atoms with Gasteiger partial charge in [0.25, 0.3) is 11.1 Å². The molecule has 1 fully saturated rings. The van der Waals surface area contributed by atoms with E-state index in [2.05, 4.69) is 0 Å². The smallest absolute Gasteiger partial charge is 0.293 e. The fourth-order valence-electron chi connectivity index (χ4n) is 2.19. The van der Waals surface area contributed by atoms with E-state index in [-0.39, 0.29) is 16.9 Å². The van der Waals surface area contributed by atoms with Crippen molar-refractivity contribution in [2.24, 2.45) is 0 Å². The zero-order valence-corrected chi connectivity index (χ0v) is 14.8. The molecule has 0 bridgehead atoms. The van der Waals surface area contributed by atoms with Crippen molar-refractivity contribution in [1.29, 1.82) is 0 Å². The van der Waals surface area contributed by atoms with E-state index in [0.717, 1.165) is 24.6 Å². The quantitative estimate of drug-likeness (QED) is 0.647. The van der Waals surface area contributed by atoms with Gasteiger partial charge in [0, 0.05) is 6.54 Å². The van der Waals surface area contributed by atoms with Crippen LogP contribution in [0.2, 0.25) is 0 Å². The maximum atomic E-state index is 12.3. The molecule has 7 nitrogen and oxygen atoms in total. The summed E-state index contributed by atoms with van der Waals surface area (Å²) in [7, 11) is 1.42. The molecule has 0 unspecified atom stereocenters. The topological polar surface area (TPSA) is 96.0 Å². The van der Waals surface area contributed by atoms with Crippen LogP contribution in [0.3, 0.4) is 0 Å². The predicted molar refractivity (Wildman–Crippen MR) is 91.1 cm³/mol. The van der Waals surface area contributed by atoms with Gasteiger partial charge in [-0.2, -0.15) is 0 Å². The Hall–Kier alpha value is -2.48. The molecule has 0 atom stereocenters. The molecule has 134 valence electrons. The second kappa shape index (κ2) is 8.57. The maximum Gasteiger partial charge on any atom is 0.293 e. The lowest BCUT2D eigenvalue weighted by molar-refractivity contribution is -0.307. The van der Waals surface area contributed by atoms with E-state index >= 15 is 0 Å². The van der Waals surface area contributed by atoms with Crippen LogP contribution in [0.25, 0.3) is 6.08 Å². The molecule has 0 radical (unpaired) electrons. The fraction of sp³-hybridized carbons (Fsp3) is 0.353. The summed E-state index contributed by atoms with van der Waals surface area (Å²) >= 11 is 0.899. The highest BCUT2D eigenvalue weighted by Crippen LogP contribution is 2.34. The third-order valence-electron chi connectivity index (χ3n) is 3.44. The van der Waals surface area contributed by atoms with E-state index in [0.29, 0.717) is 22.8 Å². The molecule has 1 aliphatic heterocycles. The van der Waals surface area contributed by atoms with Gasteiger partial charge in [-0.25, -0.2) is 0 Å². The van der Waals surface area contributed by atoms with Crippen molar-refractivity contribution in [2.45, 2.75) is 19.8 Å². The normalized spacial score (nSPS) is 15.8. The van der Waals surface area contributed by atoms with Crippen molar-refractivity contribution in [3.63, 3.8) is 0 Å². The van der Waals surface area contributed by atoms with Gasteiger partial charge in [0.1, 0.15) is 6.61 Å². The number of unbranched alkanes of at least 4 members (excludes halogenated alkanes) is 1. The van der Waals surface area contributed by atoms with E-state index < -0.39 is 12.6 Å². The van der Waals surface area contributed by atoms with Crippen molar-refractivity contribution in [2.75, 3.05) is 20.3 Å². The number of carbonyl (C=O) groups is 3. The summed E-state index contributed by atoms with van der Waals surface area (Å²) in [6.45, 7) is 1.81. The summed E-state index contributed by atoms with van der Waals surface area (Å²) in [5, 5.41) is 10.2. The van der Waals surface area contributed by atoms with Crippen LogP contribution in [0.5, 0.6) is 11.5 Å². The summed E-state index contributed by atoms with van der Waals surface area (Å²) in [6.07, 6.45) is 3.26. The number of ether oxygens (including phenoxy) is 2. The molecule has 2 rings (SSSR count). The standard InChI is InChI=1S/C17H19NO6S/c1-3-4-7-18-16(21)14(25-17(18)22)9-11-5-6-12(13(8-11)23-2)24-10-15(19)20/h5-6,8-9H,3-4,7,10H2,1-2H3,(H,19,20)/p-1/b14-9-. The minimum Gasteiger partial charge on any atom is -0.546 e. The molecule has 8 heteroatoms. The number of carboxylic acids is 1. The molecular weight excluding hydrogens is 346 g/mol. The first-order valence-electron chi connectivity index (χ1n) is 7.72. The van der Waals surface area contributed by atoms with Crippen LogP contribution in [-0.2, 0) is 9.59 Å². The number of hydrogen-bond acceptors (Lipinski definition) is 7. The second-order valence-electron chi connectivity index (χ2n) is 5.26. The summed E-state index contributed by atoms with van der Waals surface area (Å²) in [6, 6.07) is 4.78. The van der Waals surface area contributed by atoms with Crippen LogP contribution >= 0.6 is 11.8 Å². The Morgan fingerprint density at radius 2 is 2.08 bits per heavy atom. The van der Waals surface area contributed by atoms with Crippen molar-refractivity contribution < 1.29 is 29.0 Å².